The molecule has 0 aliphatic carbocycles. The van der Waals surface area contributed by atoms with Gasteiger partial charge in [-0.1, -0.05) is 15.9 Å². The molecule has 1 unspecified atom stereocenters. The van der Waals surface area contributed by atoms with Gasteiger partial charge in [0.25, 0.3) is 0 Å². The third-order valence-corrected chi connectivity index (χ3v) is 4.64. The Labute approximate surface area is 123 Å². The van der Waals surface area contributed by atoms with Crippen molar-refractivity contribution >= 4 is 27.3 Å². The molecule has 102 valence electrons. The van der Waals surface area contributed by atoms with Gasteiger partial charge in [-0.15, -0.1) is 11.3 Å². The average molecular weight is 346 g/mol. The lowest BCUT2D eigenvalue weighted by molar-refractivity contribution is 0.523. The predicted molar refractivity (Wildman–Crippen MR) is 78.8 cm³/mol. The third kappa shape index (κ3) is 2.88. The Morgan fingerprint density at radius 2 is 1.74 bits per heavy atom. The van der Waals surface area contributed by atoms with E-state index < -0.39 is 17.7 Å². The molecule has 0 fully saturated rings. The standard InChI is InChI=1S/C14H14BrF2NS/c1-7-4-8(2)19-14(7)13(18-3)12-10(16)5-9(15)6-11(12)17/h4-6,13,18H,1-3H3. The van der Waals surface area contributed by atoms with Crippen LogP contribution in [0.3, 0.4) is 0 Å². The first-order chi connectivity index (χ1) is 8.93. The molecule has 1 atom stereocenters. The molecule has 1 heterocycles. The molecular formula is C14H14BrF2NS. The SMILES string of the molecule is CNC(c1sc(C)cc1C)c1c(F)cc(Br)cc1F. The number of rotatable bonds is 3. The molecule has 0 spiro atoms. The van der Waals surface area contributed by atoms with Gasteiger partial charge in [0, 0.05) is 19.8 Å². The molecule has 1 N–H and O–H groups in total. The Morgan fingerprint density at radius 3 is 2.16 bits per heavy atom. The van der Waals surface area contributed by atoms with E-state index in [4.69, 9.17) is 0 Å². The van der Waals surface area contributed by atoms with Gasteiger partial charge in [0.2, 0.25) is 0 Å². The fraction of sp³-hybridized carbons (Fsp3) is 0.286. The molecule has 0 saturated heterocycles. The zero-order valence-electron chi connectivity index (χ0n) is 10.9. The number of halogens is 3. The van der Waals surface area contributed by atoms with Gasteiger partial charge in [0.05, 0.1) is 6.04 Å². The molecular weight excluding hydrogens is 332 g/mol. The van der Waals surface area contributed by atoms with Crippen molar-refractivity contribution in [2.45, 2.75) is 19.9 Å². The van der Waals surface area contributed by atoms with Crippen LogP contribution in [0, 0.1) is 25.5 Å². The average Bonchev–Trinajstić information content (AvgIpc) is 2.62. The molecule has 19 heavy (non-hydrogen) atoms. The van der Waals surface area contributed by atoms with Crippen LogP contribution in [0.25, 0.3) is 0 Å². The van der Waals surface area contributed by atoms with Gasteiger partial charge in [-0.05, 0) is 44.7 Å². The highest BCUT2D eigenvalue weighted by Crippen LogP contribution is 2.35. The van der Waals surface area contributed by atoms with Crippen molar-refractivity contribution in [2.75, 3.05) is 7.05 Å². The van der Waals surface area contributed by atoms with Crippen LogP contribution in [0.2, 0.25) is 0 Å². The zero-order valence-corrected chi connectivity index (χ0v) is 13.3. The first-order valence-electron chi connectivity index (χ1n) is 5.82. The maximum Gasteiger partial charge on any atom is 0.132 e. The summed E-state index contributed by atoms with van der Waals surface area (Å²) in [6.45, 7) is 3.94. The summed E-state index contributed by atoms with van der Waals surface area (Å²) in [5.74, 6) is -1.09. The molecule has 1 nitrogen and oxygen atoms in total. The predicted octanol–water partition coefficient (Wildman–Crippen LogP) is 4.71. The lowest BCUT2D eigenvalue weighted by Crippen LogP contribution is -2.20. The van der Waals surface area contributed by atoms with Gasteiger partial charge in [0.1, 0.15) is 11.6 Å². The zero-order chi connectivity index (χ0) is 14.2. The minimum absolute atomic E-state index is 0.0654. The van der Waals surface area contributed by atoms with E-state index in [0.29, 0.717) is 4.47 Å². The lowest BCUT2D eigenvalue weighted by atomic mass is 10.0. The number of nitrogens with one attached hydrogen (secondary N) is 1. The molecule has 0 radical (unpaired) electrons. The van der Waals surface area contributed by atoms with Crippen molar-refractivity contribution in [2.24, 2.45) is 0 Å². The van der Waals surface area contributed by atoms with Gasteiger partial charge >= 0.3 is 0 Å². The molecule has 1 aromatic heterocycles. The van der Waals surface area contributed by atoms with Crippen LogP contribution >= 0.6 is 27.3 Å². The van der Waals surface area contributed by atoms with Gasteiger partial charge in [-0.3, -0.25) is 0 Å². The van der Waals surface area contributed by atoms with Gasteiger partial charge < -0.3 is 5.32 Å². The largest absolute Gasteiger partial charge is 0.308 e. The minimum atomic E-state index is -0.545. The van der Waals surface area contributed by atoms with Crippen LogP contribution in [0.5, 0.6) is 0 Å². The van der Waals surface area contributed by atoms with Crippen molar-refractivity contribution in [1.29, 1.82) is 0 Å². The van der Waals surface area contributed by atoms with Crippen LogP contribution in [0.15, 0.2) is 22.7 Å². The molecule has 2 rings (SSSR count). The molecule has 0 bridgehead atoms. The number of hydrogen-bond acceptors (Lipinski definition) is 2. The van der Waals surface area contributed by atoms with Crippen LogP contribution < -0.4 is 5.32 Å². The van der Waals surface area contributed by atoms with Crippen LogP contribution in [-0.2, 0) is 0 Å². The van der Waals surface area contributed by atoms with Crippen LogP contribution in [-0.4, -0.2) is 7.05 Å². The number of thiophene rings is 1. The highest BCUT2D eigenvalue weighted by Gasteiger charge is 2.24. The summed E-state index contributed by atoms with van der Waals surface area (Å²) in [6, 6.07) is 4.14. The van der Waals surface area contributed by atoms with Crippen molar-refractivity contribution in [3.63, 3.8) is 0 Å². The van der Waals surface area contributed by atoms with E-state index in [1.807, 2.05) is 19.9 Å². The van der Waals surface area contributed by atoms with Crippen LogP contribution in [0.1, 0.15) is 26.9 Å². The minimum Gasteiger partial charge on any atom is -0.308 e. The molecule has 5 heteroatoms. The number of benzene rings is 1. The maximum atomic E-state index is 14.1. The second kappa shape index (κ2) is 5.69. The summed E-state index contributed by atoms with van der Waals surface area (Å²) in [7, 11) is 1.71. The molecule has 0 aliphatic rings. The quantitative estimate of drug-likeness (QED) is 0.848. The van der Waals surface area contributed by atoms with E-state index in [0.717, 1.165) is 15.3 Å². The Morgan fingerprint density at radius 1 is 1.16 bits per heavy atom. The number of aryl methyl sites for hydroxylation is 2. The van der Waals surface area contributed by atoms with Gasteiger partial charge in [0.15, 0.2) is 0 Å². The topological polar surface area (TPSA) is 12.0 Å². The highest BCUT2D eigenvalue weighted by atomic mass is 79.9. The molecule has 0 saturated carbocycles. The van der Waals surface area contributed by atoms with E-state index in [-0.39, 0.29) is 5.56 Å². The first-order valence-corrected chi connectivity index (χ1v) is 7.43. The van der Waals surface area contributed by atoms with E-state index in [1.54, 1.807) is 18.4 Å². The van der Waals surface area contributed by atoms with Crippen molar-refractivity contribution in [3.8, 4) is 0 Å². The fourth-order valence-electron chi connectivity index (χ4n) is 2.18. The van der Waals surface area contributed by atoms with E-state index in [1.165, 1.54) is 12.1 Å². The van der Waals surface area contributed by atoms with Gasteiger partial charge in [-0.25, -0.2) is 8.78 Å². The summed E-state index contributed by atoms with van der Waals surface area (Å²) in [5, 5.41) is 3.01. The second-order valence-corrected chi connectivity index (χ2v) is 6.61. The van der Waals surface area contributed by atoms with Gasteiger partial charge in [-0.2, -0.15) is 0 Å². The Balaban J connectivity index is 2.57. The third-order valence-electron chi connectivity index (χ3n) is 2.96. The van der Waals surface area contributed by atoms with E-state index >= 15 is 0 Å². The summed E-state index contributed by atoms with van der Waals surface area (Å²) < 4.78 is 28.5. The van der Waals surface area contributed by atoms with Crippen molar-refractivity contribution in [3.05, 3.63) is 55.2 Å². The summed E-state index contributed by atoms with van der Waals surface area (Å²) in [5.41, 5.74) is 1.11. The summed E-state index contributed by atoms with van der Waals surface area (Å²) in [6.07, 6.45) is 0. The normalized spacial score (nSPS) is 12.7. The Kier molecular flexibility index (Phi) is 4.38. The molecule has 2 aromatic rings. The van der Waals surface area contributed by atoms with E-state index in [9.17, 15) is 8.78 Å². The summed E-state index contributed by atoms with van der Waals surface area (Å²) >= 11 is 4.65. The van der Waals surface area contributed by atoms with E-state index in [2.05, 4.69) is 21.2 Å². The Hall–Kier alpha value is -0.780. The second-order valence-electron chi connectivity index (χ2n) is 4.41. The molecule has 1 aromatic carbocycles. The van der Waals surface area contributed by atoms with Crippen molar-refractivity contribution < 1.29 is 8.78 Å². The molecule has 0 aliphatic heterocycles. The fourth-order valence-corrected chi connectivity index (χ4v) is 3.74. The maximum absolute atomic E-state index is 14.1. The smallest absolute Gasteiger partial charge is 0.132 e. The number of hydrogen-bond donors (Lipinski definition) is 1. The van der Waals surface area contributed by atoms with Crippen LogP contribution in [0.4, 0.5) is 8.78 Å². The lowest BCUT2D eigenvalue weighted by Gasteiger charge is -2.18. The molecule has 0 amide bonds. The summed E-state index contributed by atoms with van der Waals surface area (Å²) in [4.78, 5) is 2.07. The Bertz CT molecular complexity index is 586. The van der Waals surface area contributed by atoms with Crippen molar-refractivity contribution in [1.82, 2.24) is 5.32 Å². The highest BCUT2D eigenvalue weighted by molar-refractivity contribution is 9.10. The monoisotopic (exact) mass is 345 g/mol. The first kappa shape index (κ1) is 14.6.